The summed E-state index contributed by atoms with van der Waals surface area (Å²) in [5, 5.41) is 11.9. The lowest BCUT2D eigenvalue weighted by Crippen LogP contribution is -2.00. The van der Waals surface area contributed by atoms with E-state index in [4.69, 9.17) is 39.2 Å². The van der Waals surface area contributed by atoms with Gasteiger partial charge in [-0.1, -0.05) is 46.9 Å². The summed E-state index contributed by atoms with van der Waals surface area (Å²) in [6.07, 6.45) is 0. The number of hydrogen-bond acceptors (Lipinski definition) is 3. The molecule has 0 amide bonds. The SMILES string of the molecule is O=C(O)c1cc(-c2cc3cc(Cl)cc(Cl)c3o2)nc2c(Cl)cccc12. The number of aromatic nitrogens is 1. The number of furan rings is 1. The van der Waals surface area contributed by atoms with Crippen molar-refractivity contribution in [2.45, 2.75) is 0 Å². The molecule has 0 aliphatic heterocycles. The Morgan fingerprint density at radius 3 is 2.60 bits per heavy atom. The van der Waals surface area contributed by atoms with Crippen LogP contribution in [0.1, 0.15) is 10.4 Å². The van der Waals surface area contributed by atoms with Crippen LogP contribution in [0.3, 0.4) is 0 Å². The van der Waals surface area contributed by atoms with Gasteiger partial charge in [0, 0.05) is 15.8 Å². The second-order valence-corrected chi connectivity index (χ2v) is 6.66. The van der Waals surface area contributed by atoms with Crippen LogP contribution in [0.25, 0.3) is 33.3 Å². The average molecular weight is 393 g/mol. The molecular formula is C18H8Cl3NO3. The van der Waals surface area contributed by atoms with Crippen molar-refractivity contribution in [3.05, 3.63) is 63.1 Å². The van der Waals surface area contributed by atoms with Gasteiger partial charge >= 0.3 is 5.97 Å². The first-order valence-corrected chi connectivity index (χ1v) is 8.29. The molecule has 4 rings (SSSR count). The molecule has 2 heterocycles. The van der Waals surface area contributed by atoms with Gasteiger partial charge in [0.1, 0.15) is 5.69 Å². The molecule has 0 spiro atoms. The van der Waals surface area contributed by atoms with Crippen LogP contribution < -0.4 is 0 Å². The molecule has 124 valence electrons. The molecule has 0 aliphatic carbocycles. The van der Waals surface area contributed by atoms with E-state index in [9.17, 15) is 9.90 Å². The molecule has 0 saturated heterocycles. The Hall–Kier alpha value is -2.27. The molecule has 4 aromatic rings. The maximum Gasteiger partial charge on any atom is 0.336 e. The van der Waals surface area contributed by atoms with Gasteiger partial charge in [0.15, 0.2) is 11.3 Å². The molecule has 0 atom stereocenters. The summed E-state index contributed by atoms with van der Waals surface area (Å²) < 4.78 is 5.77. The molecule has 1 N–H and O–H groups in total. The summed E-state index contributed by atoms with van der Waals surface area (Å²) in [6, 6.07) is 11.5. The lowest BCUT2D eigenvalue weighted by atomic mass is 10.1. The molecule has 0 aliphatic rings. The Balaban J connectivity index is 2.02. The highest BCUT2D eigenvalue weighted by molar-refractivity contribution is 6.38. The molecule has 4 nitrogen and oxygen atoms in total. The first-order chi connectivity index (χ1) is 11.9. The molecule has 2 aromatic heterocycles. The number of benzene rings is 2. The van der Waals surface area contributed by atoms with E-state index in [0.29, 0.717) is 48.4 Å². The first kappa shape index (κ1) is 16.2. The molecule has 0 unspecified atom stereocenters. The zero-order valence-electron chi connectivity index (χ0n) is 12.4. The Kier molecular flexibility index (Phi) is 3.84. The van der Waals surface area contributed by atoms with Crippen LogP contribution in [0.15, 0.2) is 46.9 Å². The van der Waals surface area contributed by atoms with Crippen LogP contribution >= 0.6 is 34.8 Å². The molecule has 7 heteroatoms. The van der Waals surface area contributed by atoms with E-state index in [1.807, 2.05) is 0 Å². The number of halogens is 3. The van der Waals surface area contributed by atoms with Crippen molar-refractivity contribution < 1.29 is 14.3 Å². The smallest absolute Gasteiger partial charge is 0.336 e. The maximum absolute atomic E-state index is 11.6. The van der Waals surface area contributed by atoms with E-state index in [1.165, 1.54) is 6.07 Å². The summed E-state index contributed by atoms with van der Waals surface area (Å²) >= 11 is 18.4. The van der Waals surface area contributed by atoms with E-state index in [1.54, 1.807) is 36.4 Å². The minimum absolute atomic E-state index is 0.0899. The number of aromatic carboxylic acids is 1. The van der Waals surface area contributed by atoms with Gasteiger partial charge < -0.3 is 9.52 Å². The number of rotatable bonds is 2. The van der Waals surface area contributed by atoms with Crippen molar-refractivity contribution in [1.82, 2.24) is 4.98 Å². The average Bonchev–Trinajstić information content (AvgIpc) is 2.98. The number of fused-ring (bicyclic) bond motifs is 2. The predicted octanol–water partition coefficient (Wildman–Crippen LogP) is 6.31. The Morgan fingerprint density at radius 2 is 1.84 bits per heavy atom. The van der Waals surface area contributed by atoms with Gasteiger partial charge in [0.25, 0.3) is 0 Å². The van der Waals surface area contributed by atoms with Crippen molar-refractivity contribution in [3.63, 3.8) is 0 Å². The highest BCUT2D eigenvalue weighted by atomic mass is 35.5. The molecule has 0 fully saturated rings. The van der Waals surface area contributed by atoms with Crippen molar-refractivity contribution >= 4 is 62.6 Å². The second-order valence-electron chi connectivity index (χ2n) is 5.41. The van der Waals surface area contributed by atoms with Crippen LogP contribution in [-0.2, 0) is 0 Å². The normalized spacial score (nSPS) is 11.3. The van der Waals surface area contributed by atoms with Crippen LogP contribution in [0.5, 0.6) is 0 Å². The van der Waals surface area contributed by atoms with Crippen LogP contribution in [0.4, 0.5) is 0 Å². The first-order valence-electron chi connectivity index (χ1n) is 7.15. The minimum atomic E-state index is -1.08. The Labute approximate surface area is 156 Å². The van der Waals surface area contributed by atoms with E-state index in [2.05, 4.69) is 4.98 Å². The fourth-order valence-electron chi connectivity index (χ4n) is 2.72. The Bertz CT molecular complexity index is 1170. The third kappa shape index (κ3) is 2.72. The topological polar surface area (TPSA) is 63.3 Å². The van der Waals surface area contributed by atoms with Gasteiger partial charge in [-0.15, -0.1) is 0 Å². The van der Waals surface area contributed by atoms with E-state index >= 15 is 0 Å². The van der Waals surface area contributed by atoms with Gasteiger partial charge in [0.05, 0.1) is 21.1 Å². The lowest BCUT2D eigenvalue weighted by Gasteiger charge is -2.06. The third-order valence-corrected chi connectivity index (χ3v) is 4.61. The second kappa shape index (κ2) is 5.92. The molecular weight excluding hydrogens is 385 g/mol. The number of hydrogen-bond donors (Lipinski definition) is 1. The fraction of sp³-hybridized carbons (Fsp3) is 0. The highest BCUT2D eigenvalue weighted by Crippen LogP contribution is 2.35. The third-order valence-electron chi connectivity index (χ3n) is 3.81. The highest BCUT2D eigenvalue weighted by Gasteiger charge is 2.17. The summed E-state index contributed by atoms with van der Waals surface area (Å²) in [6.45, 7) is 0. The van der Waals surface area contributed by atoms with Crippen LogP contribution in [0, 0.1) is 0 Å². The largest absolute Gasteiger partial charge is 0.478 e. The minimum Gasteiger partial charge on any atom is -0.478 e. The van der Waals surface area contributed by atoms with Gasteiger partial charge in [-0.2, -0.15) is 0 Å². The molecule has 2 aromatic carbocycles. The summed E-state index contributed by atoms with van der Waals surface area (Å²) in [4.78, 5) is 16.1. The van der Waals surface area contributed by atoms with Crippen LogP contribution in [-0.4, -0.2) is 16.1 Å². The predicted molar refractivity (Wildman–Crippen MR) is 98.9 cm³/mol. The van der Waals surface area contributed by atoms with E-state index in [-0.39, 0.29) is 5.56 Å². The van der Waals surface area contributed by atoms with Gasteiger partial charge in [-0.25, -0.2) is 9.78 Å². The monoisotopic (exact) mass is 391 g/mol. The summed E-state index contributed by atoms with van der Waals surface area (Å²) in [7, 11) is 0. The molecule has 0 bridgehead atoms. The van der Waals surface area contributed by atoms with Crippen LogP contribution in [0.2, 0.25) is 15.1 Å². The molecule has 0 saturated carbocycles. The van der Waals surface area contributed by atoms with E-state index < -0.39 is 5.97 Å². The molecule has 25 heavy (non-hydrogen) atoms. The van der Waals surface area contributed by atoms with Crippen molar-refractivity contribution in [2.24, 2.45) is 0 Å². The summed E-state index contributed by atoms with van der Waals surface area (Å²) in [5.74, 6) is -0.698. The van der Waals surface area contributed by atoms with E-state index in [0.717, 1.165) is 0 Å². The number of carboxylic acids is 1. The van der Waals surface area contributed by atoms with Gasteiger partial charge in [0.2, 0.25) is 0 Å². The van der Waals surface area contributed by atoms with Crippen molar-refractivity contribution in [3.8, 4) is 11.5 Å². The van der Waals surface area contributed by atoms with Gasteiger partial charge in [-0.05, 0) is 30.3 Å². The van der Waals surface area contributed by atoms with Crippen molar-refractivity contribution in [1.29, 1.82) is 0 Å². The Morgan fingerprint density at radius 1 is 1.04 bits per heavy atom. The standard InChI is InChI=1S/C18H8Cl3NO3/c19-9-4-8-5-15(25-17(8)13(21)6-9)14-7-11(18(23)24)10-2-1-3-12(20)16(10)22-14/h1-7H,(H,23,24). The lowest BCUT2D eigenvalue weighted by molar-refractivity contribution is 0.0699. The van der Waals surface area contributed by atoms with Crippen molar-refractivity contribution in [2.75, 3.05) is 0 Å². The number of carboxylic acid groups (broad SMARTS) is 1. The number of pyridine rings is 1. The molecule has 0 radical (unpaired) electrons. The van der Waals surface area contributed by atoms with Gasteiger partial charge in [-0.3, -0.25) is 0 Å². The zero-order valence-corrected chi connectivity index (χ0v) is 14.7. The number of nitrogens with zero attached hydrogens (tertiary/aromatic N) is 1. The fourth-order valence-corrected chi connectivity index (χ4v) is 3.48. The zero-order chi connectivity index (χ0) is 17.7. The number of carbonyl (C=O) groups is 1. The quantitative estimate of drug-likeness (QED) is 0.434. The number of para-hydroxylation sites is 1. The maximum atomic E-state index is 11.6. The summed E-state index contributed by atoms with van der Waals surface area (Å²) in [5.41, 5.74) is 1.29.